The number of nitrogens with one attached hydrogen (secondary N) is 1. The van der Waals surface area contributed by atoms with Crippen LogP contribution in [-0.2, 0) is 0 Å². The number of likely N-dealkylation sites (tertiary alicyclic amines) is 1. The second kappa shape index (κ2) is 6.04. The van der Waals surface area contributed by atoms with Gasteiger partial charge in [-0.05, 0) is 43.6 Å². The molecule has 0 spiro atoms. The summed E-state index contributed by atoms with van der Waals surface area (Å²) >= 11 is 0. The SMILES string of the molecule is Cc1cc(C(=O)N2CCCC(C(C)(C)C)CC2)cc(=O)[nH]1. The van der Waals surface area contributed by atoms with Crippen molar-refractivity contribution in [2.24, 2.45) is 11.3 Å². The summed E-state index contributed by atoms with van der Waals surface area (Å²) in [5.74, 6) is 0.634. The van der Waals surface area contributed by atoms with E-state index in [2.05, 4.69) is 25.8 Å². The van der Waals surface area contributed by atoms with E-state index in [4.69, 9.17) is 0 Å². The molecule has 0 aliphatic carbocycles. The van der Waals surface area contributed by atoms with Gasteiger partial charge in [0.25, 0.3) is 5.91 Å². The van der Waals surface area contributed by atoms with E-state index in [1.807, 2.05) is 4.90 Å². The van der Waals surface area contributed by atoms with Crippen LogP contribution in [-0.4, -0.2) is 28.9 Å². The van der Waals surface area contributed by atoms with E-state index in [0.29, 0.717) is 16.9 Å². The van der Waals surface area contributed by atoms with E-state index in [9.17, 15) is 9.59 Å². The topological polar surface area (TPSA) is 53.2 Å². The molecule has 4 heteroatoms. The maximum atomic E-state index is 12.6. The Balaban J connectivity index is 2.12. The molecule has 21 heavy (non-hydrogen) atoms. The van der Waals surface area contributed by atoms with Gasteiger partial charge < -0.3 is 9.88 Å². The van der Waals surface area contributed by atoms with Gasteiger partial charge in [0.1, 0.15) is 0 Å². The molecule has 0 saturated carbocycles. The van der Waals surface area contributed by atoms with Crippen molar-refractivity contribution in [1.82, 2.24) is 9.88 Å². The monoisotopic (exact) mass is 290 g/mol. The smallest absolute Gasteiger partial charge is 0.254 e. The summed E-state index contributed by atoms with van der Waals surface area (Å²) in [6.45, 7) is 10.2. The zero-order valence-electron chi connectivity index (χ0n) is 13.5. The van der Waals surface area contributed by atoms with E-state index < -0.39 is 0 Å². The van der Waals surface area contributed by atoms with E-state index >= 15 is 0 Å². The van der Waals surface area contributed by atoms with E-state index in [0.717, 1.165) is 31.6 Å². The third-order valence-corrected chi connectivity index (χ3v) is 4.47. The summed E-state index contributed by atoms with van der Waals surface area (Å²) in [5, 5.41) is 0. The van der Waals surface area contributed by atoms with Gasteiger partial charge in [-0.1, -0.05) is 20.8 Å². The Kier molecular flexibility index (Phi) is 4.55. The molecule has 1 aliphatic rings. The fourth-order valence-electron chi connectivity index (χ4n) is 3.15. The summed E-state index contributed by atoms with van der Waals surface area (Å²) in [6, 6.07) is 3.16. The van der Waals surface area contributed by atoms with E-state index in [1.54, 1.807) is 13.0 Å². The number of aryl methyl sites for hydroxylation is 1. The van der Waals surface area contributed by atoms with Crippen LogP contribution in [0.1, 0.15) is 56.1 Å². The van der Waals surface area contributed by atoms with Crippen LogP contribution in [0.15, 0.2) is 16.9 Å². The molecule has 1 N–H and O–H groups in total. The van der Waals surface area contributed by atoms with Gasteiger partial charge in [0.15, 0.2) is 0 Å². The Hall–Kier alpha value is -1.58. The van der Waals surface area contributed by atoms with Crippen molar-refractivity contribution in [2.45, 2.75) is 47.0 Å². The van der Waals surface area contributed by atoms with Crippen molar-refractivity contribution >= 4 is 5.91 Å². The molecule has 1 atom stereocenters. The van der Waals surface area contributed by atoms with Crippen LogP contribution in [0, 0.1) is 18.3 Å². The molecular formula is C17H26N2O2. The van der Waals surface area contributed by atoms with Crippen molar-refractivity contribution in [3.63, 3.8) is 0 Å². The average molecular weight is 290 g/mol. The molecule has 0 aromatic carbocycles. The van der Waals surface area contributed by atoms with Crippen molar-refractivity contribution in [3.05, 3.63) is 33.7 Å². The van der Waals surface area contributed by atoms with Gasteiger partial charge in [-0.25, -0.2) is 0 Å². The normalized spacial score (nSPS) is 20.2. The van der Waals surface area contributed by atoms with Crippen LogP contribution < -0.4 is 5.56 Å². The second-order valence-corrected chi connectivity index (χ2v) is 7.20. The van der Waals surface area contributed by atoms with E-state index in [-0.39, 0.29) is 11.5 Å². The van der Waals surface area contributed by atoms with Crippen molar-refractivity contribution in [3.8, 4) is 0 Å². The summed E-state index contributed by atoms with van der Waals surface area (Å²) in [7, 11) is 0. The summed E-state index contributed by atoms with van der Waals surface area (Å²) < 4.78 is 0. The Morgan fingerprint density at radius 3 is 2.57 bits per heavy atom. The van der Waals surface area contributed by atoms with Crippen LogP contribution in [0.2, 0.25) is 0 Å². The number of nitrogens with zero attached hydrogens (tertiary/aromatic N) is 1. The molecular weight excluding hydrogens is 264 g/mol. The van der Waals surface area contributed by atoms with Gasteiger partial charge in [0, 0.05) is 30.4 Å². The van der Waals surface area contributed by atoms with Crippen LogP contribution in [0.25, 0.3) is 0 Å². The minimum Gasteiger partial charge on any atom is -0.339 e. The zero-order chi connectivity index (χ0) is 15.6. The highest BCUT2D eigenvalue weighted by atomic mass is 16.2. The number of H-pyrrole nitrogens is 1. The quantitative estimate of drug-likeness (QED) is 0.864. The molecule has 0 bridgehead atoms. The van der Waals surface area contributed by atoms with Gasteiger partial charge in [0.2, 0.25) is 5.56 Å². The number of amides is 1. The van der Waals surface area contributed by atoms with Crippen LogP contribution in [0.3, 0.4) is 0 Å². The van der Waals surface area contributed by atoms with Gasteiger partial charge in [-0.3, -0.25) is 9.59 Å². The van der Waals surface area contributed by atoms with Gasteiger partial charge in [-0.15, -0.1) is 0 Å². The number of rotatable bonds is 1. The Morgan fingerprint density at radius 2 is 1.95 bits per heavy atom. The van der Waals surface area contributed by atoms with Gasteiger partial charge in [-0.2, -0.15) is 0 Å². The predicted molar refractivity (Wildman–Crippen MR) is 84.5 cm³/mol. The average Bonchev–Trinajstić information content (AvgIpc) is 2.61. The summed E-state index contributed by atoms with van der Waals surface area (Å²) in [6.07, 6.45) is 3.24. The molecule has 1 unspecified atom stereocenters. The molecule has 116 valence electrons. The molecule has 4 nitrogen and oxygen atoms in total. The third-order valence-electron chi connectivity index (χ3n) is 4.47. The van der Waals surface area contributed by atoms with Gasteiger partial charge >= 0.3 is 0 Å². The summed E-state index contributed by atoms with van der Waals surface area (Å²) in [5.41, 5.74) is 1.32. The first kappa shape index (κ1) is 15.8. The van der Waals surface area contributed by atoms with Crippen molar-refractivity contribution in [1.29, 1.82) is 0 Å². The van der Waals surface area contributed by atoms with E-state index in [1.165, 1.54) is 12.5 Å². The van der Waals surface area contributed by atoms with Crippen LogP contribution in [0.4, 0.5) is 0 Å². The number of hydrogen-bond acceptors (Lipinski definition) is 2. The molecule has 2 heterocycles. The lowest BCUT2D eigenvalue weighted by molar-refractivity contribution is 0.0755. The van der Waals surface area contributed by atoms with Gasteiger partial charge in [0.05, 0.1) is 0 Å². The first-order valence-corrected chi connectivity index (χ1v) is 7.77. The number of aromatic amines is 1. The Labute approximate surface area is 126 Å². The number of aromatic nitrogens is 1. The highest BCUT2D eigenvalue weighted by molar-refractivity contribution is 5.94. The third kappa shape index (κ3) is 3.96. The van der Waals surface area contributed by atoms with Crippen molar-refractivity contribution in [2.75, 3.05) is 13.1 Å². The molecule has 2 rings (SSSR count). The highest BCUT2D eigenvalue weighted by Gasteiger charge is 2.28. The zero-order valence-corrected chi connectivity index (χ0v) is 13.5. The first-order chi connectivity index (χ1) is 9.77. The number of carbonyl (C=O) groups excluding carboxylic acids is 1. The lowest BCUT2D eigenvalue weighted by atomic mass is 9.77. The Morgan fingerprint density at radius 1 is 1.24 bits per heavy atom. The summed E-state index contributed by atoms with van der Waals surface area (Å²) in [4.78, 5) is 28.7. The maximum absolute atomic E-state index is 12.6. The Bertz CT molecular complexity index is 569. The molecule has 1 saturated heterocycles. The second-order valence-electron chi connectivity index (χ2n) is 7.20. The highest BCUT2D eigenvalue weighted by Crippen LogP contribution is 2.34. The fraction of sp³-hybridized carbons (Fsp3) is 0.647. The largest absolute Gasteiger partial charge is 0.339 e. The predicted octanol–water partition coefficient (Wildman–Crippen LogP) is 2.97. The number of hydrogen-bond donors (Lipinski definition) is 1. The van der Waals surface area contributed by atoms with Crippen LogP contribution >= 0.6 is 0 Å². The fourth-order valence-corrected chi connectivity index (χ4v) is 3.15. The maximum Gasteiger partial charge on any atom is 0.254 e. The number of carbonyl (C=O) groups is 1. The first-order valence-electron chi connectivity index (χ1n) is 7.77. The van der Waals surface area contributed by atoms with Crippen molar-refractivity contribution < 1.29 is 4.79 Å². The molecule has 1 amide bonds. The lowest BCUT2D eigenvalue weighted by Crippen LogP contribution is -2.33. The molecule has 1 aromatic rings. The van der Waals surface area contributed by atoms with Crippen LogP contribution in [0.5, 0.6) is 0 Å². The standard InChI is InChI=1S/C17H26N2O2/c1-12-10-13(11-15(20)18-12)16(21)19-8-5-6-14(7-9-19)17(2,3)4/h10-11,14H,5-9H2,1-4H3,(H,18,20). The minimum atomic E-state index is -0.208. The molecule has 1 fully saturated rings. The molecule has 0 radical (unpaired) electrons. The number of pyridine rings is 1. The minimum absolute atomic E-state index is 0.0150. The lowest BCUT2D eigenvalue weighted by Gasteiger charge is -2.29. The molecule has 1 aromatic heterocycles. The molecule has 1 aliphatic heterocycles.